The second kappa shape index (κ2) is 10.8. The van der Waals surface area contributed by atoms with Crippen molar-refractivity contribution in [2.75, 3.05) is 5.32 Å². The Morgan fingerprint density at radius 3 is 2.20 bits per heavy atom. The van der Waals surface area contributed by atoms with Gasteiger partial charge in [-0.15, -0.1) is 0 Å². The zero-order valence-corrected chi connectivity index (χ0v) is 21.4. The normalized spacial score (nSPS) is 10.5. The van der Waals surface area contributed by atoms with Gasteiger partial charge in [0.05, 0.1) is 10.6 Å². The minimum absolute atomic E-state index is 0.226. The van der Waals surface area contributed by atoms with Crippen LogP contribution in [0.25, 0.3) is 11.1 Å². The molecule has 0 aliphatic heterocycles. The van der Waals surface area contributed by atoms with Gasteiger partial charge in [0.2, 0.25) is 0 Å². The molecule has 0 aliphatic rings. The Hall–Kier alpha value is -3.61. The highest BCUT2D eigenvalue weighted by Crippen LogP contribution is 2.38. The summed E-state index contributed by atoms with van der Waals surface area (Å²) in [4.78, 5) is 24.8. The first-order chi connectivity index (χ1) is 16.8. The van der Waals surface area contributed by atoms with Crippen LogP contribution in [0.5, 0.6) is 11.5 Å². The number of amides is 3. The second-order valence-corrected chi connectivity index (χ2v) is 9.26. The van der Waals surface area contributed by atoms with E-state index in [1.807, 2.05) is 62.4 Å². The third-order valence-electron chi connectivity index (χ3n) is 5.30. The van der Waals surface area contributed by atoms with Gasteiger partial charge in [-0.2, -0.15) is 0 Å². The Labute approximate surface area is 217 Å². The molecular formula is C28H22BrClN2O3. The van der Waals surface area contributed by atoms with Crippen LogP contribution in [0, 0.1) is 13.8 Å². The number of rotatable bonds is 5. The Bertz CT molecular complexity index is 1380. The fraction of sp³-hybridized carbons (Fsp3) is 0.0714. The molecule has 0 unspecified atom stereocenters. The molecule has 4 aromatic rings. The Balaban J connectivity index is 1.53. The summed E-state index contributed by atoms with van der Waals surface area (Å²) in [5.41, 5.74) is 4.43. The van der Waals surface area contributed by atoms with E-state index in [9.17, 15) is 9.59 Å². The molecule has 7 heteroatoms. The summed E-state index contributed by atoms with van der Waals surface area (Å²) in [6, 6.07) is 25.4. The highest BCUT2D eigenvalue weighted by molar-refractivity contribution is 9.10. The van der Waals surface area contributed by atoms with Gasteiger partial charge in [0.1, 0.15) is 11.5 Å². The summed E-state index contributed by atoms with van der Waals surface area (Å²) in [7, 11) is 0. The highest BCUT2D eigenvalue weighted by Gasteiger charge is 2.16. The number of halogens is 2. The first kappa shape index (κ1) is 24.5. The molecule has 0 saturated carbocycles. The third kappa shape index (κ3) is 5.91. The molecule has 4 rings (SSSR count). The number of urea groups is 1. The molecule has 0 spiro atoms. The quantitative estimate of drug-likeness (QED) is 0.264. The lowest BCUT2D eigenvalue weighted by Gasteiger charge is -2.17. The number of ether oxygens (including phenoxy) is 1. The van der Waals surface area contributed by atoms with Crippen LogP contribution in [-0.2, 0) is 0 Å². The number of imide groups is 1. The molecule has 3 amide bonds. The van der Waals surface area contributed by atoms with E-state index < -0.39 is 11.9 Å². The summed E-state index contributed by atoms with van der Waals surface area (Å²) in [5.74, 6) is 0.835. The van der Waals surface area contributed by atoms with Gasteiger partial charge in [-0.05, 0) is 73.0 Å². The summed E-state index contributed by atoms with van der Waals surface area (Å²) in [5, 5.41) is 5.28. The van der Waals surface area contributed by atoms with Gasteiger partial charge in [-0.25, -0.2) is 4.79 Å². The van der Waals surface area contributed by atoms with Crippen LogP contribution in [0.1, 0.15) is 21.5 Å². The van der Waals surface area contributed by atoms with Crippen LogP contribution in [0.2, 0.25) is 5.02 Å². The maximum Gasteiger partial charge on any atom is 0.326 e. The molecule has 35 heavy (non-hydrogen) atoms. The van der Waals surface area contributed by atoms with Crippen LogP contribution in [0.15, 0.2) is 89.4 Å². The Kier molecular flexibility index (Phi) is 7.54. The third-order valence-corrected chi connectivity index (χ3v) is 6.13. The van der Waals surface area contributed by atoms with Crippen LogP contribution in [0.4, 0.5) is 10.5 Å². The summed E-state index contributed by atoms with van der Waals surface area (Å²) in [6.45, 7) is 3.81. The van der Waals surface area contributed by atoms with Crippen molar-refractivity contribution in [3.63, 3.8) is 0 Å². The van der Waals surface area contributed by atoms with Gasteiger partial charge in [0.15, 0.2) is 0 Å². The molecule has 5 nitrogen and oxygen atoms in total. The predicted molar refractivity (Wildman–Crippen MR) is 144 cm³/mol. The molecule has 0 aliphatic carbocycles. The standard InChI is InChI=1S/C28H22BrClN2O3/c1-17-14-21(31-28(34)32-27(33)22-10-6-7-11-24(22)30)15-18(2)26(17)35-25-13-12-20(29)16-23(25)19-8-4-3-5-9-19/h3-16H,1-2H3,(H2,31,32,33,34). The van der Waals surface area contributed by atoms with Crippen molar-refractivity contribution < 1.29 is 14.3 Å². The highest BCUT2D eigenvalue weighted by atomic mass is 79.9. The van der Waals surface area contributed by atoms with E-state index in [0.29, 0.717) is 11.4 Å². The van der Waals surface area contributed by atoms with Gasteiger partial charge in [-0.3, -0.25) is 10.1 Å². The molecule has 0 aromatic heterocycles. The molecular weight excluding hydrogens is 528 g/mol. The van der Waals surface area contributed by atoms with E-state index in [4.69, 9.17) is 16.3 Å². The fourth-order valence-corrected chi connectivity index (χ4v) is 4.29. The number of hydrogen-bond donors (Lipinski definition) is 2. The Morgan fingerprint density at radius 1 is 0.857 bits per heavy atom. The van der Waals surface area contributed by atoms with E-state index in [2.05, 4.69) is 26.6 Å². The largest absolute Gasteiger partial charge is 0.456 e. The van der Waals surface area contributed by atoms with Crippen LogP contribution in [-0.4, -0.2) is 11.9 Å². The van der Waals surface area contributed by atoms with Crippen molar-refractivity contribution in [2.24, 2.45) is 0 Å². The molecule has 2 N–H and O–H groups in total. The molecule has 4 aromatic carbocycles. The lowest BCUT2D eigenvalue weighted by Crippen LogP contribution is -2.34. The van der Waals surface area contributed by atoms with E-state index in [1.165, 1.54) is 0 Å². The van der Waals surface area contributed by atoms with Gasteiger partial charge in [0, 0.05) is 15.7 Å². The first-order valence-electron chi connectivity index (χ1n) is 10.8. The predicted octanol–water partition coefficient (Wildman–Crippen LogP) is 8.14. The molecule has 0 bridgehead atoms. The number of benzene rings is 4. The number of carbonyl (C=O) groups excluding carboxylic acids is 2. The number of carbonyl (C=O) groups is 2. The Morgan fingerprint density at radius 2 is 1.51 bits per heavy atom. The van der Waals surface area contributed by atoms with Gasteiger partial charge >= 0.3 is 6.03 Å². The van der Waals surface area contributed by atoms with Gasteiger partial charge < -0.3 is 10.1 Å². The molecule has 176 valence electrons. The molecule has 0 atom stereocenters. The van der Waals surface area contributed by atoms with Gasteiger partial charge in [-0.1, -0.05) is 70.0 Å². The van der Waals surface area contributed by atoms with Crippen LogP contribution < -0.4 is 15.4 Å². The molecule has 0 heterocycles. The monoisotopic (exact) mass is 548 g/mol. The van der Waals surface area contributed by atoms with E-state index in [-0.39, 0.29) is 10.6 Å². The van der Waals surface area contributed by atoms with Crippen LogP contribution >= 0.6 is 27.5 Å². The topological polar surface area (TPSA) is 67.4 Å². The number of nitrogens with one attached hydrogen (secondary N) is 2. The minimum atomic E-state index is -0.651. The van der Waals surface area contributed by atoms with Crippen molar-refractivity contribution in [2.45, 2.75) is 13.8 Å². The van der Waals surface area contributed by atoms with Crippen molar-refractivity contribution >= 4 is 45.2 Å². The number of aryl methyl sites for hydroxylation is 2. The summed E-state index contributed by atoms with van der Waals surface area (Å²) in [6.07, 6.45) is 0. The number of anilines is 1. The minimum Gasteiger partial charge on any atom is -0.456 e. The zero-order chi connectivity index (χ0) is 24.9. The van der Waals surface area contributed by atoms with Gasteiger partial charge in [0.25, 0.3) is 5.91 Å². The second-order valence-electron chi connectivity index (χ2n) is 7.94. The van der Waals surface area contributed by atoms with E-state index in [1.54, 1.807) is 36.4 Å². The molecule has 0 fully saturated rings. The lowest BCUT2D eigenvalue weighted by molar-refractivity contribution is 0.0967. The molecule has 0 saturated heterocycles. The average molecular weight is 550 g/mol. The summed E-state index contributed by atoms with van der Waals surface area (Å²) < 4.78 is 7.31. The van der Waals surface area contributed by atoms with Crippen molar-refractivity contribution in [3.05, 3.63) is 111 Å². The first-order valence-corrected chi connectivity index (χ1v) is 12.0. The van der Waals surface area contributed by atoms with Crippen molar-refractivity contribution in [3.8, 4) is 22.6 Å². The maximum absolute atomic E-state index is 12.4. The molecule has 0 radical (unpaired) electrons. The number of hydrogen-bond acceptors (Lipinski definition) is 3. The SMILES string of the molecule is Cc1cc(NC(=O)NC(=O)c2ccccc2Cl)cc(C)c1Oc1ccc(Br)cc1-c1ccccc1. The smallest absolute Gasteiger partial charge is 0.326 e. The van der Waals surface area contributed by atoms with Crippen LogP contribution in [0.3, 0.4) is 0 Å². The average Bonchev–Trinajstić information content (AvgIpc) is 2.83. The maximum atomic E-state index is 12.4. The van der Waals surface area contributed by atoms with E-state index in [0.717, 1.165) is 32.5 Å². The van der Waals surface area contributed by atoms with Crippen molar-refractivity contribution in [1.82, 2.24) is 5.32 Å². The summed E-state index contributed by atoms with van der Waals surface area (Å²) >= 11 is 9.58. The van der Waals surface area contributed by atoms with E-state index >= 15 is 0 Å². The fourth-order valence-electron chi connectivity index (χ4n) is 3.71. The zero-order valence-electron chi connectivity index (χ0n) is 19.1. The van der Waals surface area contributed by atoms with Crippen molar-refractivity contribution in [1.29, 1.82) is 0 Å². The lowest BCUT2D eigenvalue weighted by atomic mass is 10.0.